The number of aryl methyl sites for hydroxylation is 1. The van der Waals surface area contributed by atoms with Gasteiger partial charge in [-0.1, -0.05) is 16.8 Å². The number of hydrogen-bond donors (Lipinski definition) is 2. The van der Waals surface area contributed by atoms with Crippen molar-refractivity contribution in [1.29, 1.82) is 0 Å². The molecule has 3 aromatic heterocycles. The summed E-state index contributed by atoms with van der Waals surface area (Å²) in [4.78, 5) is 8.81. The first-order valence-corrected chi connectivity index (χ1v) is 9.99. The summed E-state index contributed by atoms with van der Waals surface area (Å²) in [5, 5.41) is 18.2. The van der Waals surface area contributed by atoms with Crippen LogP contribution >= 0.6 is 11.6 Å². The Kier molecular flexibility index (Phi) is 6.32. The highest BCUT2D eigenvalue weighted by molar-refractivity contribution is 6.31. The van der Waals surface area contributed by atoms with Crippen molar-refractivity contribution in [2.24, 2.45) is 0 Å². The Balaban J connectivity index is 1.25. The Labute approximate surface area is 177 Å². The van der Waals surface area contributed by atoms with Crippen molar-refractivity contribution >= 4 is 22.6 Å². The number of nitrogens with zero attached hydrogens (tertiary/aromatic N) is 3. The van der Waals surface area contributed by atoms with Crippen LogP contribution in [0.3, 0.4) is 0 Å². The summed E-state index contributed by atoms with van der Waals surface area (Å²) in [7, 11) is 0. The van der Waals surface area contributed by atoms with Crippen LogP contribution in [-0.2, 0) is 13.0 Å². The fraction of sp³-hybridized carbons (Fsp3) is 0.227. The first-order chi connectivity index (χ1) is 14.6. The molecule has 0 saturated carbocycles. The molecule has 0 aliphatic heterocycles. The van der Waals surface area contributed by atoms with Gasteiger partial charge in [0.1, 0.15) is 17.7 Å². The molecule has 2 N–H and O–H groups in total. The zero-order valence-corrected chi connectivity index (χ0v) is 16.8. The van der Waals surface area contributed by atoms with Gasteiger partial charge in [0, 0.05) is 28.9 Å². The lowest BCUT2D eigenvalue weighted by Crippen LogP contribution is -2.28. The van der Waals surface area contributed by atoms with Crippen LogP contribution in [0.2, 0.25) is 5.02 Å². The Hall–Kier alpha value is -2.87. The number of nitrogens with one attached hydrogen (secondary N) is 1. The van der Waals surface area contributed by atoms with Gasteiger partial charge >= 0.3 is 0 Å². The topological polar surface area (TPSA) is 84.1 Å². The molecule has 4 aromatic rings. The van der Waals surface area contributed by atoms with Gasteiger partial charge in [0.05, 0.1) is 11.6 Å². The van der Waals surface area contributed by atoms with Crippen LogP contribution < -0.4 is 5.32 Å². The average Bonchev–Trinajstić information content (AvgIpc) is 3.23. The van der Waals surface area contributed by atoms with E-state index in [1.54, 1.807) is 18.3 Å². The van der Waals surface area contributed by atoms with Gasteiger partial charge in [-0.05, 0) is 61.7 Å². The highest BCUT2D eigenvalue weighted by Gasteiger charge is 2.11. The average molecular weight is 427 g/mol. The second-order valence-electron chi connectivity index (χ2n) is 6.95. The highest BCUT2D eigenvalue weighted by Crippen LogP contribution is 2.24. The summed E-state index contributed by atoms with van der Waals surface area (Å²) >= 11 is 5.81. The predicted molar refractivity (Wildman–Crippen MR) is 112 cm³/mol. The number of rotatable bonds is 8. The standard InChI is InChI=1S/C22H20ClFN4O2/c23-18-11-15(7-9-19(18)24)20-12-17(30-28-20)13-26-21(29)5-1-4-16-8-6-14-3-2-10-25-22(14)27-16/h2-3,6-12,21,26,29H,1,4-5,13H2. The molecule has 30 heavy (non-hydrogen) atoms. The lowest BCUT2D eigenvalue weighted by Gasteiger charge is -2.11. The zero-order valence-electron chi connectivity index (χ0n) is 16.1. The van der Waals surface area contributed by atoms with Gasteiger partial charge in [-0.2, -0.15) is 0 Å². The molecule has 0 bridgehead atoms. The van der Waals surface area contributed by atoms with Gasteiger partial charge in [0.15, 0.2) is 11.4 Å². The summed E-state index contributed by atoms with van der Waals surface area (Å²) in [5.41, 5.74) is 2.90. The molecule has 0 fully saturated rings. The van der Waals surface area contributed by atoms with Gasteiger partial charge in [-0.25, -0.2) is 14.4 Å². The zero-order chi connectivity index (χ0) is 20.9. The van der Waals surface area contributed by atoms with E-state index in [2.05, 4.69) is 20.4 Å². The molecule has 0 amide bonds. The summed E-state index contributed by atoms with van der Waals surface area (Å²) in [6, 6.07) is 14.0. The molecule has 0 aliphatic rings. The van der Waals surface area contributed by atoms with Crippen molar-refractivity contribution in [3.05, 3.63) is 77.0 Å². The van der Waals surface area contributed by atoms with E-state index in [0.29, 0.717) is 30.0 Å². The molecule has 0 radical (unpaired) electrons. The van der Waals surface area contributed by atoms with E-state index in [1.807, 2.05) is 24.3 Å². The van der Waals surface area contributed by atoms with Crippen LogP contribution in [0, 0.1) is 5.82 Å². The number of hydrogen-bond acceptors (Lipinski definition) is 6. The third-order valence-corrected chi connectivity index (χ3v) is 5.01. The lowest BCUT2D eigenvalue weighted by atomic mass is 10.1. The minimum absolute atomic E-state index is 0.0299. The molecule has 3 heterocycles. The smallest absolute Gasteiger partial charge is 0.159 e. The van der Waals surface area contributed by atoms with Crippen LogP contribution in [0.25, 0.3) is 22.3 Å². The molecule has 154 valence electrons. The van der Waals surface area contributed by atoms with Gasteiger partial charge in [0.2, 0.25) is 0 Å². The highest BCUT2D eigenvalue weighted by atomic mass is 35.5. The largest absolute Gasteiger partial charge is 0.379 e. The van der Waals surface area contributed by atoms with Crippen molar-refractivity contribution in [1.82, 2.24) is 20.4 Å². The summed E-state index contributed by atoms with van der Waals surface area (Å²) < 4.78 is 18.6. The second-order valence-corrected chi connectivity index (χ2v) is 7.36. The van der Waals surface area contributed by atoms with Crippen molar-refractivity contribution in [3.8, 4) is 11.3 Å². The maximum Gasteiger partial charge on any atom is 0.159 e. The third-order valence-electron chi connectivity index (χ3n) is 4.72. The van der Waals surface area contributed by atoms with Crippen LogP contribution in [0.1, 0.15) is 24.3 Å². The number of aliphatic hydroxyl groups is 1. The van der Waals surface area contributed by atoms with Crippen LogP contribution in [0.4, 0.5) is 4.39 Å². The fourth-order valence-electron chi connectivity index (χ4n) is 3.12. The summed E-state index contributed by atoms with van der Waals surface area (Å²) in [6.07, 6.45) is 3.14. The van der Waals surface area contributed by atoms with E-state index in [1.165, 1.54) is 12.1 Å². The van der Waals surface area contributed by atoms with Gasteiger partial charge in [0.25, 0.3) is 0 Å². The number of halogens is 2. The molecular formula is C22H20ClFN4O2. The number of pyridine rings is 2. The third kappa shape index (κ3) is 4.99. The molecule has 0 saturated heterocycles. The molecular weight excluding hydrogens is 407 g/mol. The quantitative estimate of drug-likeness (QED) is 0.403. The lowest BCUT2D eigenvalue weighted by molar-refractivity contribution is 0.120. The minimum atomic E-state index is -0.683. The Bertz CT molecular complexity index is 1150. The molecule has 1 aromatic carbocycles. The normalized spacial score (nSPS) is 12.4. The Morgan fingerprint density at radius 3 is 2.93 bits per heavy atom. The van der Waals surface area contributed by atoms with E-state index in [0.717, 1.165) is 29.6 Å². The van der Waals surface area contributed by atoms with Crippen molar-refractivity contribution in [3.63, 3.8) is 0 Å². The maximum atomic E-state index is 13.3. The van der Waals surface area contributed by atoms with Crippen molar-refractivity contribution < 1.29 is 14.0 Å². The van der Waals surface area contributed by atoms with E-state index in [-0.39, 0.29) is 5.02 Å². The van der Waals surface area contributed by atoms with Crippen LogP contribution in [-0.4, -0.2) is 26.5 Å². The molecule has 4 rings (SSSR count). The van der Waals surface area contributed by atoms with Crippen LogP contribution in [0.5, 0.6) is 0 Å². The number of benzene rings is 1. The van der Waals surface area contributed by atoms with E-state index >= 15 is 0 Å². The van der Waals surface area contributed by atoms with Gasteiger partial charge in [-0.3, -0.25) is 5.32 Å². The van der Waals surface area contributed by atoms with E-state index < -0.39 is 12.0 Å². The first kappa shape index (κ1) is 20.4. The molecule has 8 heteroatoms. The van der Waals surface area contributed by atoms with Crippen LogP contribution in [0.15, 0.2) is 59.3 Å². The van der Waals surface area contributed by atoms with E-state index in [9.17, 15) is 9.50 Å². The number of aromatic nitrogens is 3. The molecule has 0 spiro atoms. The molecule has 1 unspecified atom stereocenters. The van der Waals surface area contributed by atoms with Gasteiger partial charge < -0.3 is 9.63 Å². The number of aliphatic hydroxyl groups excluding tert-OH is 1. The molecule has 0 aliphatic carbocycles. The Morgan fingerprint density at radius 2 is 2.07 bits per heavy atom. The summed E-state index contributed by atoms with van der Waals surface area (Å²) in [5.74, 6) is 0.0795. The maximum absolute atomic E-state index is 13.3. The van der Waals surface area contributed by atoms with Gasteiger partial charge in [-0.15, -0.1) is 0 Å². The van der Waals surface area contributed by atoms with Crippen molar-refractivity contribution in [2.75, 3.05) is 0 Å². The number of fused-ring (bicyclic) bond motifs is 1. The Morgan fingerprint density at radius 1 is 1.17 bits per heavy atom. The predicted octanol–water partition coefficient (Wildman–Crippen LogP) is 4.51. The molecule has 1 atom stereocenters. The first-order valence-electron chi connectivity index (χ1n) is 9.61. The van der Waals surface area contributed by atoms with Crippen molar-refractivity contribution in [2.45, 2.75) is 32.0 Å². The second kappa shape index (κ2) is 9.30. The SMILES string of the molecule is OC(CCCc1ccc2cccnc2n1)NCc1cc(-c2ccc(F)c(Cl)c2)no1. The van der Waals surface area contributed by atoms with E-state index in [4.69, 9.17) is 16.1 Å². The monoisotopic (exact) mass is 426 g/mol. The summed E-state index contributed by atoms with van der Waals surface area (Å²) in [6.45, 7) is 0.321. The fourth-order valence-corrected chi connectivity index (χ4v) is 3.30. The molecule has 6 nitrogen and oxygen atoms in total. The minimum Gasteiger partial charge on any atom is -0.379 e.